The van der Waals surface area contributed by atoms with Gasteiger partial charge < -0.3 is 5.32 Å². The predicted molar refractivity (Wildman–Crippen MR) is 58.3 cm³/mol. The largest absolute Gasteiger partial charge is 0.313 e. The summed E-state index contributed by atoms with van der Waals surface area (Å²) in [6.07, 6.45) is 1.65. The van der Waals surface area contributed by atoms with E-state index in [0.717, 1.165) is 11.4 Å². The first-order valence-corrected chi connectivity index (χ1v) is 5.05. The molecular formula is C11H13FN4. The zero-order valence-corrected chi connectivity index (χ0v) is 9.02. The first-order valence-electron chi connectivity index (χ1n) is 5.05. The van der Waals surface area contributed by atoms with Crippen LogP contribution in [0.2, 0.25) is 0 Å². The van der Waals surface area contributed by atoms with Crippen LogP contribution in [0.25, 0.3) is 0 Å². The van der Waals surface area contributed by atoms with Crippen molar-refractivity contribution in [2.24, 2.45) is 0 Å². The Hall–Kier alpha value is -1.75. The first kappa shape index (κ1) is 10.8. The number of rotatable bonds is 4. The van der Waals surface area contributed by atoms with Crippen molar-refractivity contribution in [3.05, 3.63) is 47.8 Å². The molecule has 0 bridgehead atoms. The maximum atomic E-state index is 12.9. The standard InChI is InChI=1S/C11H13FN4/c1-13-6-11-14-8-16(15-11)7-9-3-2-4-10(12)5-9/h2-5,8,13H,6-7H2,1H3. The Bertz CT molecular complexity index is 467. The molecule has 0 aliphatic carbocycles. The lowest BCUT2D eigenvalue weighted by atomic mass is 10.2. The van der Waals surface area contributed by atoms with Crippen molar-refractivity contribution >= 4 is 0 Å². The minimum absolute atomic E-state index is 0.229. The molecule has 4 nitrogen and oxygen atoms in total. The maximum Gasteiger partial charge on any atom is 0.164 e. The van der Waals surface area contributed by atoms with E-state index in [1.165, 1.54) is 12.1 Å². The van der Waals surface area contributed by atoms with Crippen molar-refractivity contribution in [3.63, 3.8) is 0 Å². The minimum Gasteiger partial charge on any atom is -0.313 e. The predicted octanol–water partition coefficient (Wildman–Crippen LogP) is 1.18. The number of nitrogens with zero attached hydrogens (tertiary/aromatic N) is 3. The van der Waals surface area contributed by atoms with E-state index in [2.05, 4.69) is 15.4 Å². The van der Waals surface area contributed by atoms with Crippen LogP contribution in [0.3, 0.4) is 0 Å². The third-order valence-corrected chi connectivity index (χ3v) is 2.15. The van der Waals surface area contributed by atoms with Crippen molar-refractivity contribution in [1.82, 2.24) is 20.1 Å². The molecule has 0 aliphatic rings. The average molecular weight is 220 g/mol. The average Bonchev–Trinajstić information content (AvgIpc) is 2.66. The van der Waals surface area contributed by atoms with Gasteiger partial charge in [-0.15, -0.1) is 0 Å². The lowest BCUT2D eigenvalue weighted by Gasteiger charge is -2.00. The van der Waals surface area contributed by atoms with Crippen molar-refractivity contribution in [2.45, 2.75) is 13.1 Å². The topological polar surface area (TPSA) is 42.7 Å². The number of benzene rings is 1. The number of aromatic nitrogens is 3. The quantitative estimate of drug-likeness (QED) is 0.841. The SMILES string of the molecule is CNCc1ncn(Cc2cccc(F)c2)n1. The Balaban J connectivity index is 2.08. The van der Waals surface area contributed by atoms with Gasteiger partial charge in [0, 0.05) is 0 Å². The minimum atomic E-state index is -0.229. The van der Waals surface area contributed by atoms with E-state index in [9.17, 15) is 4.39 Å². The second kappa shape index (κ2) is 4.85. The lowest BCUT2D eigenvalue weighted by molar-refractivity contribution is 0.617. The molecule has 1 aromatic carbocycles. The number of halogens is 1. The van der Waals surface area contributed by atoms with Crippen molar-refractivity contribution in [1.29, 1.82) is 0 Å². The Morgan fingerprint density at radius 2 is 2.31 bits per heavy atom. The molecule has 0 saturated carbocycles. The van der Waals surface area contributed by atoms with Crippen LogP contribution < -0.4 is 5.32 Å². The lowest BCUT2D eigenvalue weighted by Crippen LogP contribution is -2.08. The highest BCUT2D eigenvalue weighted by atomic mass is 19.1. The van der Waals surface area contributed by atoms with Gasteiger partial charge in [0.05, 0.1) is 13.1 Å². The molecule has 0 spiro atoms. The molecular weight excluding hydrogens is 207 g/mol. The van der Waals surface area contributed by atoms with Gasteiger partial charge >= 0.3 is 0 Å². The van der Waals surface area contributed by atoms with E-state index in [1.54, 1.807) is 17.1 Å². The highest BCUT2D eigenvalue weighted by molar-refractivity contribution is 5.16. The van der Waals surface area contributed by atoms with Gasteiger partial charge in [-0.1, -0.05) is 12.1 Å². The third-order valence-electron chi connectivity index (χ3n) is 2.15. The smallest absolute Gasteiger partial charge is 0.164 e. The Morgan fingerprint density at radius 3 is 3.06 bits per heavy atom. The second-order valence-corrected chi connectivity index (χ2v) is 3.52. The van der Waals surface area contributed by atoms with Crippen LogP contribution in [-0.4, -0.2) is 21.8 Å². The maximum absolute atomic E-state index is 12.9. The molecule has 0 amide bonds. The first-order chi connectivity index (χ1) is 7.78. The molecule has 0 atom stereocenters. The Morgan fingerprint density at radius 1 is 1.44 bits per heavy atom. The molecule has 16 heavy (non-hydrogen) atoms. The summed E-state index contributed by atoms with van der Waals surface area (Å²) in [4.78, 5) is 4.12. The molecule has 0 fully saturated rings. The van der Waals surface area contributed by atoms with Gasteiger partial charge in [0.15, 0.2) is 5.82 Å². The fourth-order valence-corrected chi connectivity index (χ4v) is 1.47. The van der Waals surface area contributed by atoms with Gasteiger partial charge in [-0.25, -0.2) is 14.1 Å². The summed E-state index contributed by atoms with van der Waals surface area (Å²) in [5, 5.41) is 7.22. The van der Waals surface area contributed by atoms with Gasteiger partial charge in [0.1, 0.15) is 12.1 Å². The van der Waals surface area contributed by atoms with Crippen LogP contribution in [0.4, 0.5) is 4.39 Å². The Labute approximate surface area is 93.1 Å². The molecule has 0 saturated heterocycles. The van der Waals surface area contributed by atoms with Crippen LogP contribution in [0, 0.1) is 5.82 Å². The molecule has 1 heterocycles. The van der Waals surface area contributed by atoms with E-state index >= 15 is 0 Å². The van der Waals surface area contributed by atoms with Gasteiger partial charge in [-0.2, -0.15) is 5.10 Å². The van der Waals surface area contributed by atoms with Crippen LogP contribution in [0.15, 0.2) is 30.6 Å². The summed E-state index contributed by atoms with van der Waals surface area (Å²) >= 11 is 0. The van der Waals surface area contributed by atoms with E-state index in [-0.39, 0.29) is 5.82 Å². The van der Waals surface area contributed by atoms with Crippen LogP contribution in [0.5, 0.6) is 0 Å². The van der Waals surface area contributed by atoms with E-state index in [4.69, 9.17) is 0 Å². The summed E-state index contributed by atoms with van der Waals surface area (Å²) in [6.45, 7) is 1.17. The normalized spacial score (nSPS) is 10.6. The van der Waals surface area contributed by atoms with Gasteiger partial charge in [-0.05, 0) is 24.7 Å². The second-order valence-electron chi connectivity index (χ2n) is 3.52. The van der Waals surface area contributed by atoms with Crippen LogP contribution >= 0.6 is 0 Å². The summed E-state index contributed by atoms with van der Waals surface area (Å²) < 4.78 is 14.6. The zero-order chi connectivity index (χ0) is 11.4. The Kier molecular flexibility index (Phi) is 3.26. The van der Waals surface area contributed by atoms with Crippen molar-refractivity contribution < 1.29 is 4.39 Å². The fraction of sp³-hybridized carbons (Fsp3) is 0.273. The molecule has 2 rings (SSSR count). The molecule has 2 aromatic rings. The molecule has 5 heteroatoms. The summed E-state index contributed by atoms with van der Waals surface area (Å²) in [6, 6.07) is 6.48. The van der Waals surface area contributed by atoms with E-state index in [1.807, 2.05) is 13.1 Å². The monoisotopic (exact) mass is 220 g/mol. The molecule has 1 aromatic heterocycles. The van der Waals surface area contributed by atoms with Gasteiger partial charge in [-0.3, -0.25) is 0 Å². The summed E-state index contributed by atoms with van der Waals surface area (Å²) in [7, 11) is 1.84. The summed E-state index contributed by atoms with van der Waals surface area (Å²) in [5.74, 6) is 0.506. The van der Waals surface area contributed by atoms with Gasteiger partial charge in [0.25, 0.3) is 0 Å². The third kappa shape index (κ3) is 2.64. The molecule has 0 unspecified atom stereocenters. The zero-order valence-electron chi connectivity index (χ0n) is 9.02. The van der Waals surface area contributed by atoms with Crippen LogP contribution in [-0.2, 0) is 13.1 Å². The number of nitrogens with one attached hydrogen (secondary N) is 1. The van der Waals surface area contributed by atoms with E-state index in [0.29, 0.717) is 13.1 Å². The van der Waals surface area contributed by atoms with E-state index < -0.39 is 0 Å². The van der Waals surface area contributed by atoms with Crippen LogP contribution in [0.1, 0.15) is 11.4 Å². The highest BCUT2D eigenvalue weighted by Gasteiger charge is 2.01. The fourth-order valence-electron chi connectivity index (χ4n) is 1.47. The highest BCUT2D eigenvalue weighted by Crippen LogP contribution is 2.05. The molecule has 1 N–H and O–H groups in total. The number of hydrogen-bond donors (Lipinski definition) is 1. The van der Waals surface area contributed by atoms with Gasteiger partial charge in [0.2, 0.25) is 0 Å². The van der Waals surface area contributed by atoms with Crippen molar-refractivity contribution in [3.8, 4) is 0 Å². The number of hydrogen-bond acceptors (Lipinski definition) is 3. The summed E-state index contributed by atoms with van der Waals surface area (Å²) in [5.41, 5.74) is 0.876. The molecule has 0 aliphatic heterocycles. The molecule has 84 valence electrons. The van der Waals surface area contributed by atoms with Crippen molar-refractivity contribution in [2.75, 3.05) is 7.05 Å². The molecule has 0 radical (unpaired) electrons.